The van der Waals surface area contributed by atoms with Gasteiger partial charge in [0.25, 0.3) is 11.4 Å². The zero-order valence-corrected chi connectivity index (χ0v) is 17.3. The third kappa shape index (κ3) is 5.73. The molecule has 0 saturated carbocycles. The Balaban J connectivity index is 1.64. The van der Waals surface area contributed by atoms with E-state index in [0.717, 1.165) is 12.1 Å². The highest BCUT2D eigenvalue weighted by molar-refractivity contribution is 6.18. The van der Waals surface area contributed by atoms with Crippen molar-refractivity contribution in [1.82, 2.24) is 0 Å². The largest absolute Gasteiger partial charge is 0.497 e. The number of hydrogen-bond donors (Lipinski definition) is 0. The summed E-state index contributed by atoms with van der Waals surface area (Å²) in [6.45, 7) is 0. The number of nitro benzene ring substituents is 2. The van der Waals surface area contributed by atoms with Gasteiger partial charge in [-0.3, -0.25) is 20.2 Å². The van der Waals surface area contributed by atoms with Gasteiger partial charge in [0.2, 0.25) is 0 Å². The molecule has 0 bridgehead atoms. The molecule has 0 aromatic heterocycles. The summed E-state index contributed by atoms with van der Waals surface area (Å²) >= 11 is 0. The number of hydrogen-bond acceptors (Lipinski definition) is 11. The summed E-state index contributed by atoms with van der Waals surface area (Å²) in [4.78, 5) is 54.0. The number of nitro groups is 2. The fourth-order valence-electron chi connectivity index (χ4n) is 2.57. The first-order valence-corrected chi connectivity index (χ1v) is 9.30. The van der Waals surface area contributed by atoms with Gasteiger partial charge in [0, 0.05) is 6.07 Å². The Kier molecular flexibility index (Phi) is 7.18. The Morgan fingerprint density at radius 1 is 0.824 bits per heavy atom. The molecule has 0 fully saturated rings. The molecule has 3 rings (SSSR count). The van der Waals surface area contributed by atoms with Crippen LogP contribution < -0.4 is 4.74 Å². The number of oxime groups is 2. The smallest absolute Gasteiger partial charge is 0.372 e. The fourth-order valence-corrected chi connectivity index (χ4v) is 2.57. The molecule has 0 unspecified atom stereocenters. The van der Waals surface area contributed by atoms with E-state index < -0.39 is 38.7 Å². The molecule has 1 aliphatic carbocycles. The van der Waals surface area contributed by atoms with E-state index in [1.54, 1.807) is 12.1 Å². The summed E-state index contributed by atoms with van der Waals surface area (Å²) in [6, 6.07) is 8.82. The van der Waals surface area contributed by atoms with Crippen LogP contribution in [0.1, 0.15) is 20.7 Å². The average molecular weight is 466 g/mol. The summed E-state index contributed by atoms with van der Waals surface area (Å²) in [7, 11) is 1.46. The van der Waals surface area contributed by atoms with E-state index >= 15 is 0 Å². The quantitative estimate of drug-likeness (QED) is 0.256. The molecule has 0 radical (unpaired) electrons. The van der Waals surface area contributed by atoms with Gasteiger partial charge in [-0.2, -0.15) is 0 Å². The summed E-state index contributed by atoms with van der Waals surface area (Å²) in [5, 5.41) is 29.2. The van der Waals surface area contributed by atoms with Crippen molar-refractivity contribution in [3.8, 4) is 5.75 Å². The predicted molar refractivity (Wildman–Crippen MR) is 117 cm³/mol. The molecular weight excluding hydrogens is 452 g/mol. The minimum atomic E-state index is -1.18. The summed E-state index contributed by atoms with van der Waals surface area (Å²) in [6.07, 6.45) is 5.60. The van der Waals surface area contributed by atoms with Crippen LogP contribution in [0.4, 0.5) is 11.4 Å². The maximum atomic E-state index is 12.2. The first-order valence-electron chi connectivity index (χ1n) is 9.30. The molecule has 34 heavy (non-hydrogen) atoms. The molecule has 1 aliphatic rings. The average Bonchev–Trinajstić information content (AvgIpc) is 2.85. The van der Waals surface area contributed by atoms with Crippen LogP contribution in [0.25, 0.3) is 0 Å². The van der Waals surface area contributed by atoms with Gasteiger partial charge < -0.3 is 14.4 Å². The van der Waals surface area contributed by atoms with Crippen molar-refractivity contribution in [2.75, 3.05) is 7.11 Å². The van der Waals surface area contributed by atoms with Crippen molar-refractivity contribution in [2.24, 2.45) is 10.3 Å². The highest BCUT2D eigenvalue weighted by Crippen LogP contribution is 2.25. The van der Waals surface area contributed by atoms with Gasteiger partial charge in [-0.15, -0.1) is 0 Å². The normalized spacial score (nSPS) is 12.0. The Morgan fingerprint density at radius 2 is 1.44 bits per heavy atom. The van der Waals surface area contributed by atoms with Crippen LogP contribution in [-0.4, -0.2) is 40.3 Å². The van der Waals surface area contributed by atoms with Crippen LogP contribution in [0.3, 0.4) is 0 Å². The van der Waals surface area contributed by atoms with Gasteiger partial charge in [0.05, 0.1) is 28.6 Å². The number of nitrogens with zero attached hydrogens (tertiary/aromatic N) is 4. The van der Waals surface area contributed by atoms with Gasteiger partial charge in [-0.1, -0.05) is 16.4 Å². The molecular formula is C21H14N4O9. The van der Waals surface area contributed by atoms with Crippen molar-refractivity contribution in [3.63, 3.8) is 0 Å². The van der Waals surface area contributed by atoms with E-state index in [-0.39, 0.29) is 17.0 Å². The number of carbonyl (C=O) groups is 2. The highest BCUT2D eigenvalue weighted by Gasteiger charge is 2.25. The Morgan fingerprint density at radius 3 is 2.00 bits per heavy atom. The van der Waals surface area contributed by atoms with Crippen LogP contribution in [0.2, 0.25) is 0 Å². The van der Waals surface area contributed by atoms with Gasteiger partial charge in [-0.25, -0.2) is 9.59 Å². The summed E-state index contributed by atoms with van der Waals surface area (Å²) in [5.74, 6) is -1.40. The molecule has 0 N–H and O–H groups in total. The first kappa shape index (κ1) is 23.5. The minimum absolute atomic E-state index is 0.149. The molecule has 0 atom stereocenters. The fraction of sp³-hybridized carbons (Fsp3) is 0.0476. The molecule has 0 aliphatic heterocycles. The molecule has 13 nitrogen and oxygen atoms in total. The van der Waals surface area contributed by atoms with E-state index in [4.69, 9.17) is 14.4 Å². The van der Waals surface area contributed by atoms with Gasteiger partial charge in [0.1, 0.15) is 22.7 Å². The SMILES string of the molecule is COc1cccc(C(=O)ON=C2C=CC(=NOC(=O)c3ccc([N+](=O)[O-])cc3[N+](=O)[O-])C=C2)c1. The van der Waals surface area contributed by atoms with E-state index in [1.165, 1.54) is 43.5 Å². The second-order valence-electron chi connectivity index (χ2n) is 6.40. The standard InChI is InChI=1S/C21H14N4O9/c1-32-17-4-2-3-13(11-17)20(26)33-22-14-5-7-15(8-6-14)23-34-21(27)18-10-9-16(24(28)29)12-19(18)25(30)31/h2-12H,1H3. The molecule has 0 amide bonds. The van der Waals surface area contributed by atoms with Gasteiger partial charge in [0.15, 0.2) is 0 Å². The Bertz CT molecular complexity index is 1280. The lowest BCUT2D eigenvalue weighted by Gasteiger charge is -2.04. The lowest BCUT2D eigenvalue weighted by molar-refractivity contribution is -0.394. The Hall–Kier alpha value is -5.20. The van der Waals surface area contributed by atoms with E-state index in [2.05, 4.69) is 10.3 Å². The second kappa shape index (κ2) is 10.4. The van der Waals surface area contributed by atoms with E-state index in [0.29, 0.717) is 11.8 Å². The lowest BCUT2D eigenvalue weighted by Crippen LogP contribution is -2.08. The van der Waals surface area contributed by atoms with E-state index in [1.807, 2.05) is 0 Å². The number of methoxy groups -OCH3 is 1. The van der Waals surface area contributed by atoms with Crippen LogP contribution in [0, 0.1) is 20.2 Å². The van der Waals surface area contributed by atoms with Crippen molar-refractivity contribution < 1.29 is 33.8 Å². The van der Waals surface area contributed by atoms with Gasteiger partial charge in [-0.05, 0) is 48.6 Å². The number of ether oxygens (including phenoxy) is 1. The number of non-ortho nitro benzene ring substituents is 1. The number of carbonyl (C=O) groups excluding carboxylic acids is 2. The zero-order chi connectivity index (χ0) is 24.7. The van der Waals surface area contributed by atoms with Crippen molar-refractivity contribution in [2.45, 2.75) is 0 Å². The second-order valence-corrected chi connectivity index (χ2v) is 6.40. The third-order valence-electron chi connectivity index (χ3n) is 4.23. The Labute approximate surface area is 190 Å². The topological polar surface area (TPSA) is 173 Å². The number of benzene rings is 2. The maximum Gasteiger partial charge on any atom is 0.372 e. The third-order valence-corrected chi connectivity index (χ3v) is 4.23. The maximum absolute atomic E-state index is 12.2. The highest BCUT2D eigenvalue weighted by atomic mass is 16.7. The van der Waals surface area contributed by atoms with Crippen LogP contribution in [0.5, 0.6) is 5.75 Å². The van der Waals surface area contributed by atoms with Crippen LogP contribution in [-0.2, 0) is 9.68 Å². The van der Waals surface area contributed by atoms with Crippen LogP contribution in [0.15, 0.2) is 77.1 Å². The monoisotopic (exact) mass is 466 g/mol. The van der Waals surface area contributed by atoms with E-state index in [9.17, 15) is 29.8 Å². The van der Waals surface area contributed by atoms with Gasteiger partial charge >= 0.3 is 11.9 Å². The molecule has 172 valence electrons. The molecule has 0 heterocycles. The molecule has 0 saturated heterocycles. The molecule has 2 aromatic rings. The molecule has 0 spiro atoms. The minimum Gasteiger partial charge on any atom is -0.497 e. The predicted octanol–water partition coefficient (Wildman–Crippen LogP) is 3.36. The first-order chi connectivity index (χ1) is 16.3. The number of allylic oxidation sites excluding steroid dienone is 4. The van der Waals surface area contributed by atoms with Crippen molar-refractivity contribution in [1.29, 1.82) is 0 Å². The lowest BCUT2D eigenvalue weighted by atomic mass is 10.1. The van der Waals surface area contributed by atoms with Crippen molar-refractivity contribution >= 4 is 34.7 Å². The molecule has 13 heteroatoms. The summed E-state index contributed by atoms with van der Waals surface area (Å²) < 4.78 is 5.04. The summed E-state index contributed by atoms with van der Waals surface area (Å²) in [5.41, 5.74) is -1.20. The van der Waals surface area contributed by atoms with Crippen LogP contribution >= 0.6 is 0 Å². The number of rotatable bonds is 7. The molecule has 2 aromatic carbocycles. The van der Waals surface area contributed by atoms with Crippen molar-refractivity contribution in [3.05, 3.63) is 98.1 Å². The zero-order valence-electron chi connectivity index (χ0n) is 17.3.